The first-order valence-electron chi connectivity index (χ1n) is 5.75. The van der Waals surface area contributed by atoms with Crippen LogP contribution in [0.1, 0.15) is 19.8 Å². The molecule has 1 saturated heterocycles. The van der Waals surface area contributed by atoms with E-state index in [0.717, 1.165) is 24.8 Å². The second-order valence-corrected chi connectivity index (χ2v) is 4.46. The van der Waals surface area contributed by atoms with E-state index < -0.39 is 7.12 Å². The molecule has 1 aromatic rings. The van der Waals surface area contributed by atoms with Crippen molar-refractivity contribution in [1.29, 1.82) is 0 Å². The standard InChI is InChI=1S/C11H17BN2O2/c1-9-5-7-14(8-6-9)11-4-2-3-10(13-11)12(15)16/h2-4,9,15-16H,5-8H2,1H3. The summed E-state index contributed by atoms with van der Waals surface area (Å²) in [7, 11) is -1.48. The number of aromatic nitrogens is 1. The summed E-state index contributed by atoms with van der Waals surface area (Å²) in [5, 5.41) is 18.1. The van der Waals surface area contributed by atoms with Gasteiger partial charge >= 0.3 is 7.12 Å². The van der Waals surface area contributed by atoms with Crippen molar-refractivity contribution in [1.82, 2.24) is 4.98 Å². The van der Waals surface area contributed by atoms with Crippen molar-refractivity contribution in [3.63, 3.8) is 0 Å². The van der Waals surface area contributed by atoms with Crippen LogP contribution in [0.3, 0.4) is 0 Å². The SMILES string of the molecule is CC1CCN(c2cccc(B(O)O)n2)CC1. The number of rotatable bonds is 2. The zero-order valence-electron chi connectivity index (χ0n) is 9.50. The molecule has 0 atom stereocenters. The normalized spacial score (nSPS) is 17.6. The molecule has 5 heteroatoms. The van der Waals surface area contributed by atoms with Crippen molar-refractivity contribution in [2.45, 2.75) is 19.8 Å². The molecular formula is C11H17BN2O2. The van der Waals surface area contributed by atoms with Crippen LogP contribution in [0.2, 0.25) is 0 Å². The zero-order valence-corrected chi connectivity index (χ0v) is 9.50. The lowest BCUT2D eigenvalue weighted by Crippen LogP contribution is -2.37. The van der Waals surface area contributed by atoms with Crippen LogP contribution in [-0.4, -0.2) is 35.2 Å². The lowest BCUT2D eigenvalue weighted by atomic mass is 9.86. The molecule has 2 heterocycles. The van der Waals surface area contributed by atoms with Crippen molar-refractivity contribution in [3.8, 4) is 0 Å². The molecule has 4 nitrogen and oxygen atoms in total. The Bertz CT molecular complexity index is 352. The highest BCUT2D eigenvalue weighted by Crippen LogP contribution is 2.20. The number of hydrogen-bond donors (Lipinski definition) is 2. The first-order chi connectivity index (χ1) is 7.66. The molecule has 2 rings (SSSR count). The highest BCUT2D eigenvalue weighted by Gasteiger charge is 2.19. The Balaban J connectivity index is 2.11. The highest BCUT2D eigenvalue weighted by molar-refractivity contribution is 6.57. The van der Waals surface area contributed by atoms with Crippen LogP contribution in [0.5, 0.6) is 0 Å². The van der Waals surface area contributed by atoms with E-state index in [0.29, 0.717) is 5.59 Å². The van der Waals surface area contributed by atoms with Crippen molar-refractivity contribution in [2.75, 3.05) is 18.0 Å². The van der Waals surface area contributed by atoms with Gasteiger partial charge in [-0.05, 0) is 30.9 Å². The molecule has 0 unspecified atom stereocenters. The average molecular weight is 220 g/mol. The van der Waals surface area contributed by atoms with Crippen LogP contribution in [0.15, 0.2) is 18.2 Å². The van der Waals surface area contributed by atoms with Crippen molar-refractivity contribution in [2.24, 2.45) is 5.92 Å². The molecule has 1 fully saturated rings. The van der Waals surface area contributed by atoms with Crippen molar-refractivity contribution < 1.29 is 10.0 Å². The van der Waals surface area contributed by atoms with Gasteiger partial charge in [0.25, 0.3) is 0 Å². The Kier molecular flexibility index (Phi) is 3.46. The van der Waals surface area contributed by atoms with Gasteiger partial charge in [-0.3, -0.25) is 0 Å². The van der Waals surface area contributed by atoms with E-state index >= 15 is 0 Å². The second kappa shape index (κ2) is 4.85. The number of anilines is 1. The minimum Gasteiger partial charge on any atom is -0.422 e. The van der Waals surface area contributed by atoms with Gasteiger partial charge in [0, 0.05) is 13.1 Å². The number of nitrogens with zero attached hydrogens (tertiary/aromatic N) is 2. The third kappa shape index (κ3) is 2.54. The molecule has 16 heavy (non-hydrogen) atoms. The minimum atomic E-state index is -1.48. The van der Waals surface area contributed by atoms with Gasteiger partial charge in [0.2, 0.25) is 0 Å². The first kappa shape index (κ1) is 11.4. The third-order valence-corrected chi connectivity index (χ3v) is 3.13. The summed E-state index contributed by atoms with van der Waals surface area (Å²) in [6, 6.07) is 5.36. The van der Waals surface area contributed by atoms with Crippen molar-refractivity contribution in [3.05, 3.63) is 18.2 Å². The maximum atomic E-state index is 9.06. The monoisotopic (exact) mass is 220 g/mol. The predicted octanol–water partition coefficient (Wildman–Crippen LogP) is -0.00230. The maximum absolute atomic E-state index is 9.06. The summed E-state index contributed by atoms with van der Waals surface area (Å²) in [6.07, 6.45) is 2.35. The molecule has 0 bridgehead atoms. The Hall–Kier alpha value is -1.07. The summed E-state index contributed by atoms with van der Waals surface area (Å²) in [5.74, 6) is 1.63. The topological polar surface area (TPSA) is 56.6 Å². The molecular weight excluding hydrogens is 203 g/mol. The smallest absolute Gasteiger partial charge is 0.422 e. The van der Waals surface area contributed by atoms with E-state index in [2.05, 4.69) is 16.8 Å². The summed E-state index contributed by atoms with van der Waals surface area (Å²) in [4.78, 5) is 6.45. The van der Waals surface area contributed by atoms with E-state index in [4.69, 9.17) is 10.0 Å². The maximum Gasteiger partial charge on any atom is 0.508 e. The van der Waals surface area contributed by atoms with Gasteiger partial charge in [-0.2, -0.15) is 0 Å². The van der Waals surface area contributed by atoms with Crippen LogP contribution in [0.4, 0.5) is 5.82 Å². The van der Waals surface area contributed by atoms with Gasteiger partial charge in [-0.1, -0.05) is 13.0 Å². The lowest BCUT2D eigenvalue weighted by molar-refractivity contribution is 0.423. The van der Waals surface area contributed by atoms with Gasteiger partial charge < -0.3 is 14.9 Å². The third-order valence-electron chi connectivity index (χ3n) is 3.13. The first-order valence-corrected chi connectivity index (χ1v) is 5.75. The molecule has 86 valence electrons. The highest BCUT2D eigenvalue weighted by atomic mass is 16.4. The fourth-order valence-electron chi connectivity index (χ4n) is 2.00. The van der Waals surface area contributed by atoms with E-state index in [1.165, 1.54) is 12.8 Å². The van der Waals surface area contributed by atoms with E-state index in [1.807, 2.05) is 12.1 Å². The van der Waals surface area contributed by atoms with Crippen LogP contribution in [0.25, 0.3) is 0 Å². The lowest BCUT2D eigenvalue weighted by Gasteiger charge is -2.31. The van der Waals surface area contributed by atoms with Crippen LogP contribution in [-0.2, 0) is 0 Å². The molecule has 1 aromatic heterocycles. The van der Waals surface area contributed by atoms with Crippen LogP contribution in [0, 0.1) is 5.92 Å². The summed E-state index contributed by atoms with van der Waals surface area (Å²) in [5.41, 5.74) is 0.316. The fraction of sp³-hybridized carbons (Fsp3) is 0.545. The number of hydrogen-bond acceptors (Lipinski definition) is 4. The van der Waals surface area contributed by atoms with Gasteiger partial charge in [-0.15, -0.1) is 0 Å². The van der Waals surface area contributed by atoms with Gasteiger partial charge in [0.05, 0.1) is 5.59 Å². The molecule has 1 aliphatic heterocycles. The fourth-order valence-corrected chi connectivity index (χ4v) is 2.00. The largest absolute Gasteiger partial charge is 0.508 e. The number of pyridine rings is 1. The summed E-state index contributed by atoms with van der Waals surface area (Å²) < 4.78 is 0. The van der Waals surface area contributed by atoms with Crippen LogP contribution < -0.4 is 10.5 Å². The Morgan fingerprint density at radius 3 is 2.62 bits per heavy atom. The average Bonchev–Trinajstić information content (AvgIpc) is 2.30. The molecule has 1 aliphatic rings. The molecule has 0 saturated carbocycles. The second-order valence-electron chi connectivity index (χ2n) is 4.46. The Labute approximate surface area is 96.1 Å². The summed E-state index contributed by atoms with van der Waals surface area (Å²) in [6.45, 7) is 4.26. The molecule has 0 spiro atoms. The van der Waals surface area contributed by atoms with Gasteiger partial charge in [0.15, 0.2) is 0 Å². The van der Waals surface area contributed by atoms with E-state index in [-0.39, 0.29) is 0 Å². The minimum absolute atomic E-state index is 0.316. The summed E-state index contributed by atoms with van der Waals surface area (Å²) >= 11 is 0. The number of piperidine rings is 1. The van der Waals surface area contributed by atoms with E-state index in [9.17, 15) is 0 Å². The van der Waals surface area contributed by atoms with Gasteiger partial charge in [0.1, 0.15) is 5.82 Å². The predicted molar refractivity (Wildman–Crippen MR) is 64.7 cm³/mol. The van der Waals surface area contributed by atoms with E-state index in [1.54, 1.807) is 6.07 Å². The molecule has 0 amide bonds. The van der Waals surface area contributed by atoms with Gasteiger partial charge in [-0.25, -0.2) is 4.98 Å². The Morgan fingerprint density at radius 2 is 2.00 bits per heavy atom. The van der Waals surface area contributed by atoms with Crippen molar-refractivity contribution >= 4 is 18.5 Å². The molecule has 0 radical (unpaired) electrons. The zero-order chi connectivity index (χ0) is 11.5. The Morgan fingerprint density at radius 1 is 1.31 bits per heavy atom. The molecule has 0 aromatic carbocycles. The molecule has 2 N–H and O–H groups in total. The quantitative estimate of drug-likeness (QED) is 0.688. The van der Waals surface area contributed by atoms with Crippen LogP contribution >= 0.6 is 0 Å². The molecule has 0 aliphatic carbocycles.